The van der Waals surface area contributed by atoms with Crippen LogP contribution in [0.2, 0.25) is 0 Å². The average Bonchev–Trinajstić information content (AvgIpc) is 2.78. The Balaban J connectivity index is 1.70. The highest BCUT2D eigenvalue weighted by atomic mass is 32.2. The molecule has 0 bridgehead atoms. The van der Waals surface area contributed by atoms with Crippen LogP contribution < -0.4 is 4.90 Å². The summed E-state index contributed by atoms with van der Waals surface area (Å²) in [7, 11) is 1.37. The van der Waals surface area contributed by atoms with Gasteiger partial charge in [0, 0.05) is 55.9 Å². The summed E-state index contributed by atoms with van der Waals surface area (Å²) in [5.41, 5.74) is 4.14. The summed E-state index contributed by atoms with van der Waals surface area (Å²) < 4.78 is 17.4. The monoisotopic (exact) mass is 437 g/mol. The first-order valence-electron chi connectivity index (χ1n) is 10.1. The minimum atomic E-state index is -2.61. The largest absolute Gasteiger partial charge is 0.378 e. The molecule has 2 aliphatic heterocycles. The first-order chi connectivity index (χ1) is 13.7. The lowest BCUT2D eigenvalue weighted by molar-refractivity contribution is -0.134. The molecule has 0 aliphatic carbocycles. The standard InChI is InChI=1S/C21H31N3O3S2/c1-15-10-18(23(3)4)11-16(2)19(15)12-20(25)22-29(27)8-5-6-24(7-9-29)21(26)17-13-28-14-17/h10-11,17H,5-9,12-14H2,1-4H3. The number of carbonyl (C=O) groups excluding carboxylic acids is 2. The van der Waals surface area contributed by atoms with Crippen molar-refractivity contribution in [3.05, 3.63) is 28.8 Å². The smallest absolute Gasteiger partial charge is 0.258 e. The summed E-state index contributed by atoms with van der Waals surface area (Å²) in [5, 5.41) is 0. The van der Waals surface area contributed by atoms with Crippen LogP contribution in [0.5, 0.6) is 0 Å². The molecular weight excluding hydrogens is 406 g/mol. The topological polar surface area (TPSA) is 70.1 Å². The third-order valence-corrected chi connectivity index (χ3v) is 9.22. The fourth-order valence-corrected chi connectivity index (χ4v) is 6.44. The van der Waals surface area contributed by atoms with Gasteiger partial charge in [0.25, 0.3) is 5.91 Å². The zero-order valence-corrected chi connectivity index (χ0v) is 19.4. The van der Waals surface area contributed by atoms with Gasteiger partial charge in [-0.05, 0) is 49.1 Å². The van der Waals surface area contributed by atoms with Gasteiger partial charge in [0.1, 0.15) is 0 Å². The second kappa shape index (κ2) is 9.08. The minimum absolute atomic E-state index is 0.115. The maximum atomic E-state index is 13.2. The van der Waals surface area contributed by atoms with E-state index in [2.05, 4.69) is 16.5 Å². The van der Waals surface area contributed by atoms with E-state index < -0.39 is 9.73 Å². The Morgan fingerprint density at radius 2 is 1.83 bits per heavy atom. The van der Waals surface area contributed by atoms with E-state index in [0.29, 0.717) is 31.0 Å². The van der Waals surface area contributed by atoms with Gasteiger partial charge in [0.2, 0.25) is 5.91 Å². The molecule has 6 nitrogen and oxygen atoms in total. The maximum absolute atomic E-state index is 13.2. The van der Waals surface area contributed by atoms with Crippen molar-refractivity contribution in [2.45, 2.75) is 26.7 Å². The van der Waals surface area contributed by atoms with Crippen LogP contribution in [0.4, 0.5) is 5.69 Å². The van der Waals surface area contributed by atoms with Gasteiger partial charge in [-0.3, -0.25) is 9.59 Å². The number of thioether (sulfide) groups is 1. The Morgan fingerprint density at radius 3 is 2.38 bits per heavy atom. The lowest BCUT2D eigenvalue weighted by Crippen LogP contribution is -2.42. The van der Waals surface area contributed by atoms with E-state index in [-0.39, 0.29) is 24.2 Å². The van der Waals surface area contributed by atoms with Crippen LogP contribution in [0.15, 0.2) is 16.5 Å². The highest BCUT2D eigenvalue weighted by Crippen LogP contribution is 2.27. The lowest BCUT2D eigenvalue weighted by Gasteiger charge is -2.30. The maximum Gasteiger partial charge on any atom is 0.258 e. The number of benzene rings is 1. The highest BCUT2D eigenvalue weighted by molar-refractivity contribution is 8.00. The molecule has 2 amide bonds. The molecule has 2 heterocycles. The molecular formula is C21H31N3O3S2. The molecule has 2 aliphatic rings. The summed E-state index contributed by atoms with van der Waals surface area (Å²) in [6.45, 7) is 5.04. The number of hydrogen-bond acceptors (Lipinski definition) is 5. The van der Waals surface area contributed by atoms with Crippen molar-refractivity contribution >= 4 is 39.0 Å². The number of nitrogens with zero attached hydrogens (tertiary/aromatic N) is 3. The molecule has 1 atom stereocenters. The van der Waals surface area contributed by atoms with Crippen molar-refractivity contribution in [3.8, 4) is 0 Å². The van der Waals surface area contributed by atoms with Crippen molar-refractivity contribution in [2.24, 2.45) is 10.3 Å². The van der Waals surface area contributed by atoms with Gasteiger partial charge >= 0.3 is 0 Å². The van der Waals surface area contributed by atoms with Gasteiger partial charge in [0.05, 0.1) is 22.1 Å². The number of carbonyl (C=O) groups is 2. The molecule has 8 heteroatoms. The summed E-state index contributed by atoms with van der Waals surface area (Å²) in [6, 6.07) is 4.12. The molecule has 0 radical (unpaired) electrons. The Bertz CT molecular complexity index is 893. The molecule has 160 valence electrons. The average molecular weight is 438 g/mol. The summed E-state index contributed by atoms with van der Waals surface area (Å²) in [4.78, 5) is 29.0. The Hall–Kier alpha value is -1.54. The van der Waals surface area contributed by atoms with E-state index in [9.17, 15) is 13.8 Å². The molecule has 1 aromatic rings. The van der Waals surface area contributed by atoms with Gasteiger partial charge in [-0.25, -0.2) is 4.21 Å². The first-order valence-corrected chi connectivity index (χ1v) is 13.1. The van der Waals surface area contributed by atoms with Crippen LogP contribution in [-0.2, 0) is 25.7 Å². The molecule has 0 saturated carbocycles. The summed E-state index contributed by atoms with van der Waals surface area (Å²) in [5.74, 6) is 2.42. The quantitative estimate of drug-likeness (QED) is 0.724. The highest BCUT2D eigenvalue weighted by Gasteiger charge is 2.31. The van der Waals surface area contributed by atoms with Crippen molar-refractivity contribution in [1.82, 2.24) is 4.90 Å². The molecule has 1 aromatic carbocycles. The Labute approximate surface area is 178 Å². The molecule has 1 unspecified atom stereocenters. The van der Waals surface area contributed by atoms with Crippen molar-refractivity contribution in [3.63, 3.8) is 0 Å². The van der Waals surface area contributed by atoms with Crippen LogP contribution >= 0.6 is 11.8 Å². The zero-order valence-electron chi connectivity index (χ0n) is 17.8. The number of anilines is 1. The van der Waals surface area contributed by atoms with E-state index in [4.69, 9.17) is 0 Å². The van der Waals surface area contributed by atoms with E-state index in [1.54, 1.807) is 11.8 Å². The van der Waals surface area contributed by atoms with E-state index >= 15 is 0 Å². The van der Waals surface area contributed by atoms with E-state index in [1.807, 2.05) is 37.7 Å². The predicted octanol–water partition coefficient (Wildman–Crippen LogP) is 2.50. The molecule has 0 aromatic heterocycles. The van der Waals surface area contributed by atoms with Gasteiger partial charge in [-0.2, -0.15) is 16.1 Å². The van der Waals surface area contributed by atoms with Crippen molar-refractivity contribution in [2.75, 3.05) is 55.1 Å². The molecule has 2 saturated heterocycles. The predicted molar refractivity (Wildman–Crippen MR) is 121 cm³/mol. The van der Waals surface area contributed by atoms with Crippen molar-refractivity contribution < 1.29 is 13.8 Å². The molecule has 2 fully saturated rings. The second-order valence-corrected chi connectivity index (χ2v) is 11.8. The normalized spacial score (nSPS) is 22.6. The van der Waals surface area contributed by atoms with Crippen LogP contribution in [0.25, 0.3) is 0 Å². The van der Waals surface area contributed by atoms with Crippen LogP contribution in [0, 0.1) is 19.8 Å². The van der Waals surface area contributed by atoms with E-state index in [1.165, 1.54) is 0 Å². The number of amides is 2. The second-order valence-electron chi connectivity index (χ2n) is 8.21. The number of rotatable bonds is 4. The fourth-order valence-electron chi connectivity index (χ4n) is 3.77. The van der Waals surface area contributed by atoms with Gasteiger partial charge in [-0.1, -0.05) is 0 Å². The Kier molecular flexibility index (Phi) is 6.94. The van der Waals surface area contributed by atoms with Crippen LogP contribution in [0.1, 0.15) is 23.1 Å². The fraction of sp³-hybridized carbons (Fsp3) is 0.619. The van der Waals surface area contributed by atoms with Crippen LogP contribution in [-0.4, -0.2) is 71.1 Å². The summed E-state index contributed by atoms with van der Waals surface area (Å²) >= 11 is 1.79. The zero-order chi connectivity index (χ0) is 21.2. The Morgan fingerprint density at radius 1 is 1.17 bits per heavy atom. The third kappa shape index (κ3) is 5.34. The van der Waals surface area contributed by atoms with Gasteiger partial charge in [-0.15, -0.1) is 0 Å². The van der Waals surface area contributed by atoms with Gasteiger partial charge in [0.15, 0.2) is 0 Å². The number of hydrogen-bond donors (Lipinski definition) is 0. The van der Waals surface area contributed by atoms with Gasteiger partial charge < -0.3 is 9.80 Å². The SMILES string of the molecule is Cc1cc(N(C)C)cc(C)c1CC(=O)N=S1(=O)CCCN(C(=O)C2CSC2)CC1. The first kappa shape index (κ1) is 22.2. The van der Waals surface area contributed by atoms with E-state index in [0.717, 1.165) is 33.9 Å². The molecule has 0 N–H and O–H groups in total. The van der Waals surface area contributed by atoms with Crippen molar-refractivity contribution in [1.29, 1.82) is 0 Å². The number of aryl methyl sites for hydroxylation is 2. The molecule has 29 heavy (non-hydrogen) atoms. The summed E-state index contributed by atoms with van der Waals surface area (Å²) in [6.07, 6.45) is 0.807. The molecule has 3 rings (SSSR count). The lowest BCUT2D eigenvalue weighted by atomic mass is 9.98. The third-order valence-electron chi connectivity index (χ3n) is 5.66. The molecule has 0 spiro atoms. The van der Waals surface area contributed by atoms with Crippen LogP contribution in [0.3, 0.4) is 0 Å². The minimum Gasteiger partial charge on any atom is -0.378 e.